The van der Waals surface area contributed by atoms with Crippen LogP contribution < -0.4 is 11.1 Å². The Morgan fingerprint density at radius 3 is 2.53 bits per heavy atom. The van der Waals surface area contributed by atoms with Gasteiger partial charge in [-0.15, -0.1) is 0 Å². The fraction of sp³-hybridized carbons (Fsp3) is 0.417. The quantitative estimate of drug-likeness (QED) is 0.885. The molecule has 0 heterocycles. The molecule has 0 radical (unpaired) electrons. The van der Waals surface area contributed by atoms with Gasteiger partial charge in [0.25, 0.3) is 5.91 Å². The van der Waals surface area contributed by atoms with Crippen molar-refractivity contribution in [1.29, 1.82) is 0 Å². The molecule has 2 rings (SSSR count). The zero-order chi connectivity index (χ0) is 12.4. The predicted octanol–water partition coefficient (Wildman–Crippen LogP) is 2.46. The number of amides is 1. The van der Waals surface area contributed by atoms with Crippen molar-refractivity contribution in [2.24, 2.45) is 11.7 Å². The Bertz CT molecular complexity index is 412. The average Bonchev–Trinajstić information content (AvgIpc) is 3.09. The Labute approximate surface area is 110 Å². The molecule has 1 amide bonds. The molecule has 92 valence electrons. The van der Waals surface area contributed by atoms with Crippen LogP contribution in [0.4, 0.5) is 0 Å². The Balaban J connectivity index is 1.99. The van der Waals surface area contributed by atoms with Crippen LogP contribution in [0.5, 0.6) is 0 Å². The van der Waals surface area contributed by atoms with Crippen LogP contribution in [-0.4, -0.2) is 18.5 Å². The van der Waals surface area contributed by atoms with Crippen molar-refractivity contribution >= 4 is 29.1 Å². The fourth-order valence-corrected chi connectivity index (χ4v) is 2.27. The molecule has 1 aliphatic rings. The van der Waals surface area contributed by atoms with Crippen molar-refractivity contribution in [1.82, 2.24) is 5.32 Å². The highest BCUT2D eigenvalue weighted by Crippen LogP contribution is 2.31. The number of halogens is 2. The van der Waals surface area contributed by atoms with Crippen molar-refractivity contribution in [3.8, 4) is 0 Å². The van der Waals surface area contributed by atoms with E-state index in [1.54, 1.807) is 18.2 Å². The van der Waals surface area contributed by atoms with Gasteiger partial charge in [-0.25, -0.2) is 0 Å². The molecule has 0 bridgehead atoms. The van der Waals surface area contributed by atoms with Crippen molar-refractivity contribution in [3.05, 3.63) is 33.8 Å². The first kappa shape index (κ1) is 12.7. The summed E-state index contributed by atoms with van der Waals surface area (Å²) in [4.78, 5) is 11.9. The smallest absolute Gasteiger partial charge is 0.254 e. The Morgan fingerprint density at radius 2 is 2.00 bits per heavy atom. The number of benzene rings is 1. The third-order valence-electron chi connectivity index (χ3n) is 2.92. The molecule has 0 spiro atoms. The summed E-state index contributed by atoms with van der Waals surface area (Å²) in [5.74, 6) is 0.286. The SMILES string of the molecule is NC(CNC(=O)c1c(Cl)cccc1Cl)C1CC1. The van der Waals surface area contributed by atoms with Crippen LogP contribution in [0.25, 0.3) is 0 Å². The molecule has 1 unspecified atom stereocenters. The Morgan fingerprint density at radius 1 is 1.41 bits per heavy atom. The van der Waals surface area contributed by atoms with Gasteiger partial charge in [0.1, 0.15) is 0 Å². The summed E-state index contributed by atoms with van der Waals surface area (Å²) in [6, 6.07) is 5.02. The van der Waals surface area contributed by atoms with Crippen molar-refractivity contribution in [2.75, 3.05) is 6.54 Å². The second-order valence-electron chi connectivity index (χ2n) is 4.31. The topological polar surface area (TPSA) is 55.1 Å². The van der Waals surface area contributed by atoms with E-state index < -0.39 is 0 Å². The molecule has 0 saturated heterocycles. The molecule has 1 aromatic rings. The summed E-state index contributed by atoms with van der Waals surface area (Å²) >= 11 is 11.9. The summed E-state index contributed by atoms with van der Waals surface area (Å²) in [5.41, 5.74) is 6.22. The minimum absolute atomic E-state index is 0.0280. The maximum atomic E-state index is 11.9. The number of carbonyl (C=O) groups is 1. The first-order valence-corrected chi connectivity index (χ1v) is 6.33. The van der Waals surface area contributed by atoms with E-state index in [9.17, 15) is 4.79 Å². The molecular weight excluding hydrogens is 259 g/mol. The number of nitrogens with one attached hydrogen (secondary N) is 1. The molecule has 17 heavy (non-hydrogen) atoms. The lowest BCUT2D eigenvalue weighted by Crippen LogP contribution is -2.38. The van der Waals surface area contributed by atoms with Gasteiger partial charge in [-0.05, 0) is 30.9 Å². The summed E-state index contributed by atoms with van der Waals surface area (Å²) in [7, 11) is 0. The minimum atomic E-state index is -0.267. The highest BCUT2D eigenvalue weighted by atomic mass is 35.5. The Hall–Kier alpha value is -0.770. The van der Waals surface area contributed by atoms with Crippen molar-refractivity contribution in [2.45, 2.75) is 18.9 Å². The lowest BCUT2D eigenvalue weighted by Gasteiger charge is -2.12. The number of hydrogen-bond acceptors (Lipinski definition) is 2. The molecule has 1 saturated carbocycles. The van der Waals surface area contributed by atoms with E-state index in [2.05, 4.69) is 5.32 Å². The second-order valence-corrected chi connectivity index (χ2v) is 5.12. The maximum absolute atomic E-state index is 11.9. The van der Waals surface area contributed by atoms with Crippen LogP contribution in [0.3, 0.4) is 0 Å². The van der Waals surface area contributed by atoms with Crippen LogP contribution >= 0.6 is 23.2 Å². The summed E-state index contributed by atoms with van der Waals surface area (Å²) < 4.78 is 0. The van der Waals surface area contributed by atoms with Gasteiger partial charge in [-0.1, -0.05) is 29.3 Å². The molecule has 3 nitrogen and oxygen atoms in total. The van der Waals surface area contributed by atoms with E-state index in [1.807, 2.05) is 0 Å². The zero-order valence-corrected chi connectivity index (χ0v) is 10.8. The van der Waals surface area contributed by atoms with Gasteiger partial charge < -0.3 is 11.1 Å². The molecule has 5 heteroatoms. The highest BCUT2D eigenvalue weighted by Gasteiger charge is 2.28. The van der Waals surface area contributed by atoms with E-state index in [1.165, 1.54) is 0 Å². The fourth-order valence-electron chi connectivity index (χ4n) is 1.70. The average molecular weight is 273 g/mol. The first-order valence-electron chi connectivity index (χ1n) is 5.57. The molecule has 0 aromatic heterocycles. The van der Waals surface area contributed by atoms with Gasteiger partial charge >= 0.3 is 0 Å². The normalized spacial score (nSPS) is 16.6. The van der Waals surface area contributed by atoms with Crippen LogP contribution in [-0.2, 0) is 0 Å². The molecular formula is C12H14Cl2N2O. The Kier molecular flexibility index (Phi) is 3.92. The van der Waals surface area contributed by atoms with Crippen LogP contribution in [0.15, 0.2) is 18.2 Å². The molecule has 0 aliphatic heterocycles. The molecule has 3 N–H and O–H groups in total. The van der Waals surface area contributed by atoms with Gasteiger partial charge in [0.2, 0.25) is 0 Å². The largest absolute Gasteiger partial charge is 0.350 e. The van der Waals surface area contributed by atoms with E-state index in [4.69, 9.17) is 28.9 Å². The van der Waals surface area contributed by atoms with Gasteiger partial charge in [0.05, 0.1) is 15.6 Å². The molecule has 1 aliphatic carbocycles. The lowest BCUT2D eigenvalue weighted by atomic mass is 10.1. The van der Waals surface area contributed by atoms with E-state index in [0.717, 1.165) is 12.8 Å². The van der Waals surface area contributed by atoms with E-state index in [-0.39, 0.29) is 11.9 Å². The van der Waals surface area contributed by atoms with Gasteiger partial charge in [-0.3, -0.25) is 4.79 Å². The van der Waals surface area contributed by atoms with Crippen LogP contribution in [0.1, 0.15) is 23.2 Å². The van der Waals surface area contributed by atoms with E-state index in [0.29, 0.717) is 28.1 Å². The molecule has 1 aromatic carbocycles. The van der Waals surface area contributed by atoms with Gasteiger partial charge in [-0.2, -0.15) is 0 Å². The highest BCUT2D eigenvalue weighted by molar-refractivity contribution is 6.39. The second kappa shape index (κ2) is 5.25. The maximum Gasteiger partial charge on any atom is 0.254 e. The molecule has 1 fully saturated rings. The van der Waals surface area contributed by atoms with Crippen LogP contribution in [0.2, 0.25) is 10.0 Å². The minimum Gasteiger partial charge on any atom is -0.350 e. The lowest BCUT2D eigenvalue weighted by molar-refractivity contribution is 0.0950. The number of nitrogens with two attached hydrogens (primary N) is 1. The first-order chi connectivity index (χ1) is 8.09. The third kappa shape index (κ3) is 3.12. The zero-order valence-electron chi connectivity index (χ0n) is 9.25. The van der Waals surface area contributed by atoms with E-state index >= 15 is 0 Å². The summed E-state index contributed by atoms with van der Waals surface area (Å²) in [6.45, 7) is 0.463. The third-order valence-corrected chi connectivity index (χ3v) is 3.55. The molecule has 1 atom stereocenters. The standard InChI is InChI=1S/C12H14Cl2N2O/c13-8-2-1-3-9(14)11(8)12(17)16-6-10(15)7-4-5-7/h1-3,7,10H,4-6,15H2,(H,16,17). The van der Waals surface area contributed by atoms with Crippen LogP contribution in [0, 0.1) is 5.92 Å². The summed E-state index contributed by atoms with van der Waals surface area (Å²) in [6.07, 6.45) is 2.31. The van der Waals surface area contributed by atoms with Crippen molar-refractivity contribution in [3.63, 3.8) is 0 Å². The number of rotatable bonds is 4. The monoisotopic (exact) mass is 272 g/mol. The van der Waals surface area contributed by atoms with Gasteiger partial charge in [0, 0.05) is 12.6 Å². The van der Waals surface area contributed by atoms with Crippen molar-refractivity contribution < 1.29 is 4.79 Å². The summed E-state index contributed by atoms with van der Waals surface area (Å²) in [5, 5.41) is 3.48. The number of hydrogen-bond donors (Lipinski definition) is 2. The predicted molar refractivity (Wildman–Crippen MR) is 69.5 cm³/mol. The number of carbonyl (C=O) groups excluding carboxylic acids is 1. The van der Waals surface area contributed by atoms with Gasteiger partial charge in [0.15, 0.2) is 0 Å².